The molecule has 0 unspecified atom stereocenters. The Hall–Kier alpha value is -3.85. The quantitative estimate of drug-likeness (QED) is 0.0499. The van der Waals surface area contributed by atoms with Crippen molar-refractivity contribution in [3.8, 4) is 5.69 Å². The standard InChI is InChI=1S/C21H29N7O.C15H22F3NOS/c1-21(2,3)17-11-15-13-28(20(29)27-18(15)26-17)16-7-5-14(6-8-16)12-24-9-4-10-25-19(22)23;1-10(19)8-20-9-11-5-12(14(2,3)4)7-13(6-11)21-15(16,17)18/h5-8,11,13,24H,4,9-10,12H2,1-3H3,(H4,22,23,25)(H,26,27,29);5-7,10H,8-9,19H2,1-4H3/t;10-/m.0/s1. The predicted molar refractivity (Wildman–Crippen MR) is 198 cm³/mol. The van der Waals surface area contributed by atoms with Crippen LogP contribution in [0, 0.1) is 0 Å². The van der Waals surface area contributed by atoms with E-state index in [4.69, 9.17) is 21.9 Å². The fourth-order valence-corrected chi connectivity index (χ4v) is 5.40. The smallest absolute Gasteiger partial charge is 0.375 e. The fraction of sp³-hybridized carbons (Fsp3) is 0.472. The first-order chi connectivity index (χ1) is 23.2. The Kier molecular flexibility index (Phi) is 14.1. The number of aromatic amines is 1. The molecule has 0 saturated heterocycles. The Bertz CT molecular complexity index is 1770. The maximum absolute atomic E-state index is 12.6. The van der Waals surface area contributed by atoms with Crippen molar-refractivity contribution in [2.75, 3.05) is 19.7 Å². The van der Waals surface area contributed by atoms with Gasteiger partial charge in [-0.15, -0.1) is 0 Å². The van der Waals surface area contributed by atoms with Crippen molar-refractivity contribution in [3.05, 3.63) is 87.6 Å². The highest BCUT2D eigenvalue weighted by Gasteiger charge is 2.30. The van der Waals surface area contributed by atoms with E-state index in [0.717, 1.165) is 53.0 Å². The van der Waals surface area contributed by atoms with Gasteiger partial charge >= 0.3 is 11.2 Å². The number of halogens is 3. The van der Waals surface area contributed by atoms with Gasteiger partial charge in [-0.1, -0.05) is 59.7 Å². The fourth-order valence-electron chi connectivity index (χ4n) is 4.74. The zero-order valence-corrected chi connectivity index (χ0v) is 30.8. The molecule has 10 nitrogen and oxygen atoms in total. The van der Waals surface area contributed by atoms with E-state index in [1.54, 1.807) is 10.6 Å². The van der Waals surface area contributed by atoms with Crippen LogP contribution in [0.1, 0.15) is 77.3 Å². The third kappa shape index (κ3) is 13.5. The van der Waals surface area contributed by atoms with Crippen molar-refractivity contribution in [2.45, 2.75) is 95.3 Å². The second-order valence-corrected chi connectivity index (χ2v) is 15.4. The van der Waals surface area contributed by atoms with Gasteiger partial charge in [0, 0.05) is 46.7 Å². The molecule has 50 heavy (non-hydrogen) atoms. The molecule has 0 spiro atoms. The molecule has 14 heteroatoms. The van der Waals surface area contributed by atoms with Crippen molar-refractivity contribution in [3.63, 3.8) is 0 Å². The van der Waals surface area contributed by atoms with E-state index in [1.165, 1.54) is 6.07 Å². The third-order valence-electron chi connectivity index (χ3n) is 7.38. The molecule has 1 atom stereocenters. The van der Waals surface area contributed by atoms with E-state index in [9.17, 15) is 18.0 Å². The van der Waals surface area contributed by atoms with Gasteiger partial charge in [0.1, 0.15) is 5.65 Å². The Morgan fingerprint density at radius 3 is 2.28 bits per heavy atom. The number of guanidine groups is 1. The zero-order valence-electron chi connectivity index (χ0n) is 29.9. The molecule has 4 aromatic rings. The number of H-pyrrole nitrogens is 1. The molecule has 2 aromatic heterocycles. The summed E-state index contributed by atoms with van der Waals surface area (Å²) in [6, 6.07) is 14.8. The average molecular weight is 717 g/mol. The van der Waals surface area contributed by atoms with Crippen LogP contribution in [0.25, 0.3) is 16.7 Å². The number of hydrogen-bond acceptors (Lipinski definition) is 7. The summed E-state index contributed by atoms with van der Waals surface area (Å²) in [6.45, 7) is 16.9. The molecule has 2 heterocycles. The van der Waals surface area contributed by atoms with Crippen LogP contribution in [0.5, 0.6) is 0 Å². The summed E-state index contributed by atoms with van der Waals surface area (Å²) in [5, 5.41) is 4.27. The van der Waals surface area contributed by atoms with Crippen LogP contribution in [0.4, 0.5) is 13.2 Å². The monoisotopic (exact) mass is 716 g/mol. The van der Waals surface area contributed by atoms with Crippen molar-refractivity contribution in [1.29, 1.82) is 0 Å². The number of hydrogen-bond donors (Lipinski definition) is 5. The predicted octanol–water partition coefficient (Wildman–Crippen LogP) is 6.22. The Balaban J connectivity index is 0.000000286. The highest BCUT2D eigenvalue weighted by atomic mass is 32.2. The number of thioether (sulfide) groups is 1. The van der Waals surface area contributed by atoms with Gasteiger partial charge in [-0.25, -0.2) is 4.79 Å². The van der Waals surface area contributed by atoms with Crippen LogP contribution < -0.4 is 28.2 Å². The summed E-state index contributed by atoms with van der Waals surface area (Å²) in [5.74, 6) is 0.123. The van der Waals surface area contributed by atoms with Crippen LogP contribution in [0.3, 0.4) is 0 Å². The Morgan fingerprint density at radius 1 is 1.02 bits per heavy atom. The summed E-state index contributed by atoms with van der Waals surface area (Å²) < 4.78 is 44.7. The first-order valence-electron chi connectivity index (χ1n) is 16.4. The van der Waals surface area contributed by atoms with Crippen LogP contribution in [-0.4, -0.2) is 51.7 Å². The molecule has 0 aliphatic carbocycles. The number of aliphatic imine (C=N–C) groups is 1. The van der Waals surface area contributed by atoms with Gasteiger partial charge in [-0.2, -0.15) is 18.2 Å². The van der Waals surface area contributed by atoms with Gasteiger partial charge < -0.3 is 32.2 Å². The molecule has 0 saturated carbocycles. The number of rotatable bonds is 12. The molecule has 0 aliphatic heterocycles. The molecule has 4 rings (SSSR count). The van der Waals surface area contributed by atoms with Crippen molar-refractivity contribution in [1.82, 2.24) is 19.9 Å². The topological polar surface area (TPSA) is 162 Å². The summed E-state index contributed by atoms with van der Waals surface area (Å²) in [4.78, 5) is 24.1. The summed E-state index contributed by atoms with van der Waals surface area (Å²) in [6.07, 6.45) is 2.71. The number of alkyl halides is 3. The molecule has 0 bridgehead atoms. The first kappa shape index (κ1) is 40.6. The van der Waals surface area contributed by atoms with Crippen LogP contribution >= 0.6 is 11.8 Å². The SMILES string of the molecule is CC(C)(C)c1cc2cn(-c3ccc(CNCCCN=C(N)N)cc3)c(=O)nc2[nH]1.C[C@H](N)COCc1cc(SC(F)(F)F)cc(C(C)(C)C)c1. The van der Waals surface area contributed by atoms with Crippen LogP contribution in [0.2, 0.25) is 0 Å². The van der Waals surface area contributed by atoms with Gasteiger partial charge in [0.15, 0.2) is 5.96 Å². The summed E-state index contributed by atoms with van der Waals surface area (Å²) in [7, 11) is 0. The molecule has 0 amide bonds. The molecule has 0 radical (unpaired) electrons. The lowest BCUT2D eigenvalue weighted by Gasteiger charge is -2.21. The average Bonchev–Trinajstić information content (AvgIpc) is 3.41. The van der Waals surface area contributed by atoms with Crippen molar-refractivity contribution < 1.29 is 17.9 Å². The van der Waals surface area contributed by atoms with Gasteiger partial charge in [0.2, 0.25) is 0 Å². The van der Waals surface area contributed by atoms with Crippen LogP contribution in [-0.2, 0) is 28.7 Å². The molecular weight excluding hydrogens is 666 g/mol. The third-order valence-corrected chi connectivity index (χ3v) is 8.08. The zero-order chi connectivity index (χ0) is 37.3. The van der Waals surface area contributed by atoms with Gasteiger partial charge in [-0.05, 0) is 84.1 Å². The number of aromatic nitrogens is 3. The molecule has 8 N–H and O–H groups in total. The van der Waals surface area contributed by atoms with Crippen LogP contribution in [0.15, 0.2) is 69.4 Å². The van der Waals surface area contributed by atoms with Gasteiger partial charge in [0.05, 0.1) is 18.9 Å². The maximum atomic E-state index is 12.6. The maximum Gasteiger partial charge on any atom is 0.446 e. The van der Waals surface area contributed by atoms with E-state index >= 15 is 0 Å². The van der Waals surface area contributed by atoms with Gasteiger partial charge in [-0.3, -0.25) is 9.56 Å². The Morgan fingerprint density at radius 2 is 1.70 bits per heavy atom. The highest BCUT2D eigenvalue weighted by molar-refractivity contribution is 8.00. The molecule has 2 aromatic carbocycles. The van der Waals surface area contributed by atoms with E-state index in [1.807, 2.05) is 64.2 Å². The van der Waals surface area contributed by atoms with E-state index in [0.29, 0.717) is 18.8 Å². The van der Waals surface area contributed by atoms with E-state index in [-0.39, 0.29) is 51.8 Å². The molecule has 274 valence electrons. The van der Waals surface area contributed by atoms with Crippen molar-refractivity contribution in [2.24, 2.45) is 22.2 Å². The minimum Gasteiger partial charge on any atom is -0.375 e. The number of benzene rings is 2. The number of nitrogens with one attached hydrogen (secondary N) is 2. The first-order valence-corrected chi connectivity index (χ1v) is 17.2. The Labute approximate surface area is 296 Å². The number of nitrogens with zero attached hydrogens (tertiary/aromatic N) is 3. The number of nitrogens with two attached hydrogens (primary N) is 3. The van der Waals surface area contributed by atoms with E-state index < -0.39 is 5.51 Å². The molecule has 0 aliphatic rings. The highest BCUT2D eigenvalue weighted by Crippen LogP contribution is 2.39. The lowest BCUT2D eigenvalue weighted by molar-refractivity contribution is -0.0328. The minimum atomic E-state index is -4.29. The number of fused-ring (bicyclic) bond motifs is 1. The summed E-state index contributed by atoms with van der Waals surface area (Å²) >= 11 is -0.0953. The largest absolute Gasteiger partial charge is 0.446 e. The molecular formula is C36H51F3N8O2S. The molecule has 0 fully saturated rings. The van der Waals surface area contributed by atoms with Gasteiger partial charge in [0.25, 0.3) is 0 Å². The lowest BCUT2D eigenvalue weighted by Crippen LogP contribution is -2.23. The van der Waals surface area contributed by atoms with Crippen molar-refractivity contribution >= 4 is 28.8 Å². The van der Waals surface area contributed by atoms with E-state index in [2.05, 4.69) is 47.1 Å². The normalized spacial score (nSPS) is 12.8. The summed E-state index contributed by atoms with van der Waals surface area (Å²) in [5.41, 5.74) is 16.5. The lowest BCUT2D eigenvalue weighted by atomic mass is 9.86. The second-order valence-electron chi connectivity index (χ2n) is 14.3. The minimum absolute atomic E-state index is 0.0352. The number of ether oxygens (including phenoxy) is 1. The second kappa shape index (κ2) is 17.4.